The van der Waals surface area contributed by atoms with E-state index < -0.39 is 0 Å². The summed E-state index contributed by atoms with van der Waals surface area (Å²) in [5.74, 6) is 0.484. The van der Waals surface area contributed by atoms with Crippen molar-refractivity contribution in [3.05, 3.63) is 52.8 Å². The van der Waals surface area contributed by atoms with Crippen LogP contribution in [0.5, 0.6) is 11.5 Å². The van der Waals surface area contributed by atoms with Crippen molar-refractivity contribution in [1.82, 2.24) is 10.3 Å². The number of rotatable bonds is 5. The average Bonchev–Trinajstić information content (AvgIpc) is 2.48. The first-order valence-corrected chi connectivity index (χ1v) is 6.69. The second kappa shape index (κ2) is 6.59. The van der Waals surface area contributed by atoms with Gasteiger partial charge in [-0.1, -0.05) is 17.7 Å². The van der Waals surface area contributed by atoms with Crippen LogP contribution < -0.4 is 10.1 Å². The lowest BCUT2D eigenvalue weighted by Crippen LogP contribution is -2.19. The van der Waals surface area contributed by atoms with E-state index in [1.807, 2.05) is 25.1 Å². The van der Waals surface area contributed by atoms with E-state index in [2.05, 4.69) is 10.3 Å². The molecule has 0 unspecified atom stereocenters. The van der Waals surface area contributed by atoms with Crippen LogP contribution in [-0.4, -0.2) is 17.2 Å². The van der Waals surface area contributed by atoms with E-state index in [9.17, 15) is 5.11 Å². The number of aromatic hydroxyl groups is 1. The molecule has 0 aliphatic heterocycles. The number of phenols is 1. The number of aromatic nitrogens is 1. The minimum absolute atomic E-state index is 0.0700. The topological polar surface area (TPSA) is 54.4 Å². The Kier molecular flexibility index (Phi) is 4.82. The summed E-state index contributed by atoms with van der Waals surface area (Å²) >= 11 is 6.00. The Hall–Kier alpha value is -1.78. The highest BCUT2D eigenvalue weighted by Gasteiger charge is 2.12. The third kappa shape index (κ3) is 3.40. The van der Waals surface area contributed by atoms with E-state index in [0.29, 0.717) is 22.9 Å². The van der Waals surface area contributed by atoms with Gasteiger partial charge < -0.3 is 15.2 Å². The number of pyridine rings is 1. The van der Waals surface area contributed by atoms with E-state index in [1.165, 1.54) is 7.11 Å². The number of ether oxygens (including phenoxy) is 1. The van der Waals surface area contributed by atoms with Gasteiger partial charge >= 0.3 is 0 Å². The molecule has 106 valence electrons. The maximum atomic E-state index is 10.1. The minimum atomic E-state index is 0.0700. The lowest BCUT2D eigenvalue weighted by Gasteiger charge is -2.15. The number of phenolic OH excluding ortho intramolecular Hbond substituents is 1. The first-order valence-electron chi connectivity index (χ1n) is 6.31. The van der Waals surface area contributed by atoms with Crippen LogP contribution in [0.25, 0.3) is 0 Å². The van der Waals surface area contributed by atoms with E-state index in [1.54, 1.807) is 18.3 Å². The first-order chi connectivity index (χ1) is 9.61. The van der Waals surface area contributed by atoms with Crippen LogP contribution >= 0.6 is 11.6 Å². The van der Waals surface area contributed by atoms with Crippen LogP contribution in [0.3, 0.4) is 0 Å². The van der Waals surface area contributed by atoms with Crippen molar-refractivity contribution in [2.75, 3.05) is 7.11 Å². The normalized spacial score (nSPS) is 12.2. The Labute approximate surface area is 123 Å². The molecule has 2 N–H and O–H groups in total. The third-order valence-electron chi connectivity index (χ3n) is 3.07. The van der Waals surface area contributed by atoms with Gasteiger partial charge in [0.1, 0.15) is 0 Å². The molecule has 0 bridgehead atoms. The van der Waals surface area contributed by atoms with E-state index in [0.717, 1.165) is 5.69 Å². The van der Waals surface area contributed by atoms with Crippen molar-refractivity contribution in [2.45, 2.75) is 19.5 Å². The highest BCUT2D eigenvalue weighted by atomic mass is 35.5. The summed E-state index contributed by atoms with van der Waals surface area (Å²) in [6, 6.07) is 9.15. The van der Waals surface area contributed by atoms with E-state index in [4.69, 9.17) is 16.3 Å². The van der Waals surface area contributed by atoms with Crippen LogP contribution in [-0.2, 0) is 6.54 Å². The van der Waals surface area contributed by atoms with Crippen LogP contribution in [0.1, 0.15) is 24.2 Å². The largest absolute Gasteiger partial charge is 0.504 e. The van der Waals surface area contributed by atoms with Crippen molar-refractivity contribution < 1.29 is 9.84 Å². The molecule has 4 nitrogen and oxygen atoms in total. The zero-order valence-corrected chi connectivity index (χ0v) is 12.2. The van der Waals surface area contributed by atoms with Crippen molar-refractivity contribution in [3.8, 4) is 11.5 Å². The number of benzene rings is 1. The van der Waals surface area contributed by atoms with Gasteiger partial charge in [0.2, 0.25) is 0 Å². The summed E-state index contributed by atoms with van der Waals surface area (Å²) in [5, 5.41) is 13.9. The predicted molar refractivity (Wildman–Crippen MR) is 79.2 cm³/mol. The fraction of sp³-hybridized carbons (Fsp3) is 0.267. The molecule has 1 atom stereocenters. The molecule has 1 heterocycles. The molecule has 1 aromatic carbocycles. The first kappa shape index (κ1) is 14.6. The van der Waals surface area contributed by atoms with Gasteiger partial charge in [-0.15, -0.1) is 0 Å². The van der Waals surface area contributed by atoms with E-state index >= 15 is 0 Å². The van der Waals surface area contributed by atoms with Crippen molar-refractivity contribution in [2.24, 2.45) is 0 Å². The Balaban J connectivity index is 2.09. The lowest BCUT2D eigenvalue weighted by molar-refractivity contribution is 0.369. The molecular weight excluding hydrogens is 276 g/mol. The number of nitrogens with one attached hydrogen (secondary N) is 1. The van der Waals surface area contributed by atoms with Crippen LogP contribution in [0.2, 0.25) is 5.02 Å². The van der Waals surface area contributed by atoms with Crippen molar-refractivity contribution in [3.63, 3.8) is 0 Å². The molecule has 0 saturated heterocycles. The zero-order valence-electron chi connectivity index (χ0n) is 11.4. The monoisotopic (exact) mass is 292 g/mol. The Bertz CT molecular complexity index is 576. The van der Waals surface area contributed by atoms with Crippen LogP contribution in [0.4, 0.5) is 0 Å². The fourth-order valence-corrected chi connectivity index (χ4v) is 2.15. The molecule has 2 aromatic rings. The molecule has 0 fully saturated rings. The SMILES string of the molecule is COc1cc(Cl)cc(CN[C@H](C)c2ccccn2)c1O. The average molecular weight is 293 g/mol. The molecule has 0 radical (unpaired) electrons. The molecule has 0 amide bonds. The highest BCUT2D eigenvalue weighted by Crippen LogP contribution is 2.33. The molecule has 5 heteroatoms. The third-order valence-corrected chi connectivity index (χ3v) is 3.29. The minimum Gasteiger partial charge on any atom is -0.504 e. The quantitative estimate of drug-likeness (QED) is 0.888. The fourth-order valence-electron chi connectivity index (χ4n) is 1.92. The Morgan fingerprint density at radius 2 is 2.20 bits per heavy atom. The molecule has 1 aromatic heterocycles. The summed E-state index contributed by atoms with van der Waals surface area (Å²) in [4.78, 5) is 4.29. The number of halogens is 1. The molecule has 2 rings (SSSR count). The zero-order chi connectivity index (χ0) is 14.5. The maximum absolute atomic E-state index is 10.1. The summed E-state index contributed by atoms with van der Waals surface area (Å²) < 4.78 is 5.08. The molecule has 0 spiro atoms. The maximum Gasteiger partial charge on any atom is 0.162 e. The summed E-state index contributed by atoms with van der Waals surface area (Å²) in [6.45, 7) is 2.49. The standard InChI is InChI=1S/C15H17ClN2O2/c1-10(13-5-3-4-6-17-13)18-9-11-7-12(16)8-14(20-2)15(11)19/h3-8,10,18-19H,9H2,1-2H3/t10-/m1/s1. The molecular formula is C15H17ClN2O2. The van der Waals surface area contributed by atoms with Gasteiger partial charge in [0.15, 0.2) is 11.5 Å². The second-order valence-electron chi connectivity index (χ2n) is 4.47. The van der Waals surface area contributed by atoms with Gasteiger partial charge in [-0.3, -0.25) is 4.98 Å². The molecule has 0 saturated carbocycles. The molecule has 0 aliphatic rings. The molecule has 0 aliphatic carbocycles. The van der Waals surface area contributed by atoms with Gasteiger partial charge in [0.25, 0.3) is 0 Å². The van der Waals surface area contributed by atoms with Gasteiger partial charge in [0, 0.05) is 35.4 Å². The highest BCUT2D eigenvalue weighted by molar-refractivity contribution is 6.30. The van der Waals surface area contributed by atoms with Crippen LogP contribution in [0, 0.1) is 0 Å². The lowest BCUT2D eigenvalue weighted by atomic mass is 10.1. The van der Waals surface area contributed by atoms with Gasteiger partial charge in [-0.05, 0) is 25.1 Å². The summed E-state index contributed by atoms with van der Waals surface area (Å²) in [6.07, 6.45) is 1.76. The van der Waals surface area contributed by atoms with Gasteiger partial charge in [-0.2, -0.15) is 0 Å². The number of hydrogen-bond acceptors (Lipinski definition) is 4. The Morgan fingerprint density at radius 3 is 2.85 bits per heavy atom. The summed E-state index contributed by atoms with van der Waals surface area (Å²) in [7, 11) is 1.50. The molecule has 20 heavy (non-hydrogen) atoms. The number of methoxy groups -OCH3 is 1. The number of nitrogens with zero attached hydrogens (tertiary/aromatic N) is 1. The predicted octanol–water partition coefficient (Wildman–Crippen LogP) is 3.30. The smallest absolute Gasteiger partial charge is 0.162 e. The van der Waals surface area contributed by atoms with Crippen LogP contribution in [0.15, 0.2) is 36.5 Å². The summed E-state index contributed by atoms with van der Waals surface area (Å²) in [5.41, 5.74) is 1.64. The van der Waals surface area contributed by atoms with Crippen molar-refractivity contribution in [1.29, 1.82) is 0 Å². The van der Waals surface area contributed by atoms with Crippen molar-refractivity contribution >= 4 is 11.6 Å². The van der Waals surface area contributed by atoms with E-state index in [-0.39, 0.29) is 11.8 Å². The van der Waals surface area contributed by atoms with Gasteiger partial charge in [0.05, 0.1) is 12.8 Å². The van der Waals surface area contributed by atoms with Gasteiger partial charge in [-0.25, -0.2) is 0 Å². The second-order valence-corrected chi connectivity index (χ2v) is 4.91. The number of hydrogen-bond donors (Lipinski definition) is 2. The Morgan fingerprint density at radius 1 is 1.40 bits per heavy atom.